The predicted molar refractivity (Wildman–Crippen MR) is 72.5 cm³/mol. The molecule has 2 aromatic rings. The van der Waals surface area contributed by atoms with Crippen LogP contribution in [0.3, 0.4) is 0 Å². The topological polar surface area (TPSA) is 75.6 Å². The molecular formula is C13H12FNO4S. The molecule has 0 aliphatic heterocycles. The highest BCUT2D eigenvalue weighted by Crippen LogP contribution is 2.26. The maximum absolute atomic E-state index is 13.1. The number of carboxylic acids is 1. The van der Waals surface area contributed by atoms with E-state index in [9.17, 15) is 14.0 Å². The lowest BCUT2D eigenvalue weighted by Crippen LogP contribution is -2.37. The number of thiophene rings is 1. The summed E-state index contributed by atoms with van der Waals surface area (Å²) < 4.78 is 18.6. The van der Waals surface area contributed by atoms with Crippen molar-refractivity contribution in [3.05, 3.63) is 35.0 Å². The van der Waals surface area contributed by atoms with Gasteiger partial charge in [-0.25, -0.2) is 9.18 Å². The molecule has 0 saturated heterocycles. The number of methoxy groups -OCH3 is 1. The first-order valence-electron chi connectivity index (χ1n) is 5.74. The molecule has 0 fully saturated rings. The van der Waals surface area contributed by atoms with Crippen LogP contribution in [0, 0.1) is 5.82 Å². The van der Waals surface area contributed by atoms with E-state index in [1.807, 2.05) is 0 Å². The number of hydrogen-bond donors (Lipinski definition) is 2. The minimum atomic E-state index is -1.15. The lowest BCUT2D eigenvalue weighted by molar-refractivity contribution is -0.148. The van der Waals surface area contributed by atoms with E-state index in [-0.39, 0.29) is 12.4 Å². The van der Waals surface area contributed by atoms with Crippen LogP contribution in [0.1, 0.15) is 9.67 Å². The van der Waals surface area contributed by atoms with Gasteiger partial charge in [-0.3, -0.25) is 4.79 Å². The number of hydrogen-bond acceptors (Lipinski definition) is 4. The molecular weight excluding hydrogens is 285 g/mol. The van der Waals surface area contributed by atoms with E-state index in [1.54, 1.807) is 12.1 Å². The molecule has 20 heavy (non-hydrogen) atoms. The Morgan fingerprint density at radius 1 is 1.45 bits per heavy atom. The van der Waals surface area contributed by atoms with Crippen LogP contribution in [-0.4, -0.2) is 36.7 Å². The zero-order valence-corrected chi connectivity index (χ0v) is 11.4. The minimum Gasteiger partial charge on any atom is -0.479 e. The zero-order chi connectivity index (χ0) is 14.7. The molecule has 106 valence electrons. The van der Waals surface area contributed by atoms with Crippen molar-refractivity contribution in [2.75, 3.05) is 13.7 Å². The van der Waals surface area contributed by atoms with Gasteiger partial charge < -0.3 is 15.2 Å². The molecule has 1 amide bonds. The van der Waals surface area contributed by atoms with Crippen LogP contribution in [0.5, 0.6) is 0 Å². The Hall–Kier alpha value is -1.99. The van der Waals surface area contributed by atoms with Crippen LogP contribution in [-0.2, 0) is 9.53 Å². The molecule has 0 radical (unpaired) electrons. The fraction of sp³-hybridized carbons (Fsp3) is 0.231. The molecule has 1 atom stereocenters. The highest BCUT2D eigenvalue weighted by atomic mass is 32.1. The van der Waals surface area contributed by atoms with Gasteiger partial charge in [0, 0.05) is 11.8 Å². The van der Waals surface area contributed by atoms with Crippen LogP contribution in [0.25, 0.3) is 10.1 Å². The van der Waals surface area contributed by atoms with Gasteiger partial charge in [-0.05, 0) is 29.7 Å². The normalized spacial score (nSPS) is 12.3. The second-order valence-electron chi connectivity index (χ2n) is 4.07. The summed E-state index contributed by atoms with van der Waals surface area (Å²) in [4.78, 5) is 23.0. The number of carbonyl (C=O) groups is 2. The van der Waals surface area contributed by atoms with Crippen LogP contribution >= 0.6 is 11.3 Å². The molecule has 1 unspecified atom stereocenters. The quantitative estimate of drug-likeness (QED) is 0.883. The maximum Gasteiger partial charge on any atom is 0.334 e. The number of carbonyl (C=O) groups excluding carboxylic acids is 1. The molecule has 2 N–H and O–H groups in total. The van der Waals surface area contributed by atoms with E-state index in [2.05, 4.69) is 5.32 Å². The Balaban J connectivity index is 2.09. The van der Waals surface area contributed by atoms with Gasteiger partial charge in [0.25, 0.3) is 5.91 Å². The fourth-order valence-corrected chi connectivity index (χ4v) is 2.63. The Labute approximate surface area is 118 Å². The number of carboxylic acid groups (broad SMARTS) is 1. The van der Waals surface area contributed by atoms with Gasteiger partial charge in [0.05, 0.1) is 11.4 Å². The molecule has 5 nitrogen and oxygen atoms in total. The number of aliphatic carboxylic acids is 1. The van der Waals surface area contributed by atoms with E-state index in [1.165, 1.54) is 30.6 Å². The van der Waals surface area contributed by atoms with Crippen LogP contribution < -0.4 is 5.32 Å². The number of rotatable bonds is 5. The molecule has 1 aromatic heterocycles. The summed E-state index contributed by atoms with van der Waals surface area (Å²) in [5, 5.41) is 11.9. The molecule has 2 rings (SSSR count). The molecule has 0 bridgehead atoms. The van der Waals surface area contributed by atoms with Crippen molar-refractivity contribution in [1.29, 1.82) is 0 Å². The first-order chi connectivity index (χ1) is 9.51. The van der Waals surface area contributed by atoms with Crippen molar-refractivity contribution < 1.29 is 23.8 Å². The first kappa shape index (κ1) is 14.4. The Kier molecular flexibility index (Phi) is 4.31. The summed E-state index contributed by atoms with van der Waals surface area (Å²) in [7, 11) is 1.26. The van der Waals surface area contributed by atoms with Crippen LogP contribution in [0.15, 0.2) is 24.3 Å². The number of amides is 1. The lowest BCUT2D eigenvalue weighted by Gasteiger charge is -2.10. The summed E-state index contributed by atoms with van der Waals surface area (Å²) in [6, 6.07) is 5.84. The van der Waals surface area contributed by atoms with E-state index in [0.29, 0.717) is 10.3 Å². The van der Waals surface area contributed by atoms with Gasteiger partial charge >= 0.3 is 5.97 Å². The van der Waals surface area contributed by atoms with E-state index < -0.39 is 18.0 Å². The smallest absolute Gasteiger partial charge is 0.334 e. The predicted octanol–water partition coefficient (Wildman–Crippen LogP) is 1.87. The molecule has 0 spiro atoms. The van der Waals surface area contributed by atoms with Gasteiger partial charge in [-0.1, -0.05) is 0 Å². The Morgan fingerprint density at radius 3 is 2.85 bits per heavy atom. The van der Waals surface area contributed by atoms with Crippen molar-refractivity contribution >= 4 is 33.3 Å². The third-order valence-electron chi connectivity index (χ3n) is 2.71. The van der Waals surface area contributed by atoms with Crippen molar-refractivity contribution in [1.82, 2.24) is 5.32 Å². The number of halogens is 1. The van der Waals surface area contributed by atoms with Crippen molar-refractivity contribution in [2.24, 2.45) is 0 Å². The van der Waals surface area contributed by atoms with E-state index >= 15 is 0 Å². The highest BCUT2D eigenvalue weighted by molar-refractivity contribution is 7.20. The molecule has 0 aliphatic rings. The third kappa shape index (κ3) is 3.12. The standard InChI is InChI=1S/C13H12FNO4S/c1-19-9(13(17)18)6-15-12(16)11-5-7-4-8(14)2-3-10(7)20-11/h2-5,9H,6H2,1H3,(H,15,16)(H,17,18). The summed E-state index contributed by atoms with van der Waals surface area (Å²) in [6.07, 6.45) is -1.09. The van der Waals surface area contributed by atoms with E-state index in [0.717, 1.165) is 4.70 Å². The average Bonchev–Trinajstić information content (AvgIpc) is 2.81. The minimum absolute atomic E-state index is 0.132. The molecule has 1 heterocycles. The zero-order valence-electron chi connectivity index (χ0n) is 10.6. The Morgan fingerprint density at radius 2 is 2.20 bits per heavy atom. The van der Waals surface area contributed by atoms with Crippen molar-refractivity contribution in [2.45, 2.75) is 6.10 Å². The van der Waals surface area contributed by atoms with Crippen LogP contribution in [0.2, 0.25) is 0 Å². The summed E-state index contributed by atoms with van der Waals surface area (Å²) in [5.41, 5.74) is 0. The molecule has 0 aliphatic carbocycles. The first-order valence-corrected chi connectivity index (χ1v) is 6.56. The lowest BCUT2D eigenvalue weighted by atomic mass is 10.2. The van der Waals surface area contributed by atoms with Gasteiger partial charge in [-0.2, -0.15) is 0 Å². The summed E-state index contributed by atoms with van der Waals surface area (Å²) in [5.74, 6) is -1.92. The molecule has 1 aromatic carbocycles. The SMILES string of the molecule is COC(CNC(=O)c1cc2cc(F)ccc2s1)C(=O)O. The maximum atomic E-state index is 13.1. The summed E-state index contributed by atoms with van der Waals surface area (Å²) in [6.45, 7) is -0.132. The number of fused-ring (bicyclic) bond motifs is 1. The Bertz CT molecular complexity index is 655. The van der Waals surface area contributed by atoms with Gasteiger partial charge in [-0.15, -0.1) is 11.3 Å². The average molecular weight is 297 g/mol. The molecule has 0 saturated carbocycles. The van der Waals surface area contributed by atoms with Crippen molar-refractivity contribution in [3.63, 3.8) is 0 Å². The van der Waals surface area contributed by atoms with E-state index in [4.69, 9.17) is 9.84 Å². The second-order valence-corrected chi connectivity index (χ2v) is 5.15. The molecule has 7 heteroatoms. The van der Waals surface area contributed by atoms with Gasteiger partial charge in [0.2, 0.25) is 0 Å². The monoisotopic (exact) mass is 297 g/mol. The fourth-order valence-electron chi connectivity index (χ4n) is 1.67. The van der Waals surface area contributed by atoms with Crippen LogP contribution in [0.4, 0.5) is 4.39 Å². The highest BCUT2D eigenvalue weighted by Gasteiger charge is 2.18. The van der Waals surface area contributed by atoms with Crippen molar-refractivity contribution in [3.8, 4) is 0 Å². The number of ether oxygens (including phenoxy) is 1. The summed E-state index contributed by atoms with van der Waals surface area (Å²) >= 11 is 1.21. The van der Waals surface area contributed by atoms with Gasteiger partial charge in [0.1, 0.15) is 5.82 Å². The second kappa shape index (κ2) is 5.98. The third-order valence-corrected chi connectivity index (χ3v) is 3.82. The number of benzene rings is 1. The largest absolute Gasteiger partial charge is 0.479 e. The van der Waals surface area contributed by atoms with Gasteiger partial charge in [0.15, 0.2) is 6.10 Å². The number of nitrogens with one attached hydrogen (secondary N) is 1.